The fourth-order valence-electron chi connectivity index (χ4n) is 0.996. The van der Waals surface area contributed by atoms with Crippen molar-refractivity contribution in [2.24, 2.45) is 0 Å². The van der Waals surface area contributed by atoms with Gasteiger partial charge in [-0.15, -0.1) is 0 Å². The molecule has 0 unspecified atom stereocenters. The highest BCUT2D eigenvalue weighted by Crippen LogP contribution is 2.06. The van der Waals surface area contributed by atoms with Crippen molar-refractivity contribution in [2.75, 3.05) is 0 Å². The molecule has 68 valence electrons. The summed E-state index contributed by atoms with van der Waals surface area (Å²) >= 11 is 0. The number of Topliss-reactive ketones (excluding diaryl/α,β-unsaturated/α-hetero) is 1. The van der Waals surface area contributed by atoms with E-state index in [1.54, 1.807) is 0 Å². The molecular weight excluding hydrogens is 171 g/mol. The minimum absolute atomic E-state index is 0.146. The second-order valence-corrected chi connectivity index (χ2v) is 2.64. The van der Waals surface area contributed by atoms with E-state index in [0.29, 0.717) is 11.8 Å². The molecule has 0 radical (unpaired) electrons. The van der Waals surface area contributed by atoms with Crippen LogP contribution in [0.1, 0.15) is 23.2 Å². The summed E-state index contributed by atoms with van der Waals surface area (Å²) in [6, 6.07) is 5.46. The summed E-state index contributed by atoms with van der Waals surface area (Å²) in [5, 5.41) is 0. The lowest BCUT2D eigenvalue weighted by molar-refractivity contribution is -0.107. The first-order valence-electron chi connectivity index (χ1n) is 3.96. The van der Waals surface area contributed by atoms with E-state index < -0.39 is 5.82 Å². The summed E-state index contributed by atoms with van der Waals surface area (Å²) in [5.41, 5.74) is 0.321. The van der Waals surface area contributed by atoms with Gasteiger partial charge in [0.1, 0.15) is 12.1 Å². The number of aldehydes is 1. The van der Waals surface area contributed by atoms with Crippen molar-refractivity contribution in [3.05, 3.63) is 35.6 Å². The Hall–Kier alpha value is -1.51. The summed E-state index contributed by atoms with van der Waals surface area (Å²) in [6.45, 7) is 0. The van der Waals surface area contributed by atoms with Crippen LogP contribution in [0.4, 0.5) is 4.39 Å². The molecule has 0 amide bonds. The lowest BCUT2D eigenvalue weighted by atomic mass is 10.1. The number of hydrogen-bond acceptors (Lipinski definition) is 2. The van der Waals surface area contributed by atoms with Crippen LogP contribution in [0, 0.1) is 5.82 Å². The van der Waals surface area contributed by atoms with Crippen LogP contribution in [-0.2, 0) is 4.79 Å². The summed E-state index contributed by atoms with van der Waals surface area (Å²) in [7, 11) is 0. The van der Waals surface area contributed by atoms with Gasteiger partial charge in [-0.05, 0) is 12.1 Å². The Kier molecular flexibility index (Phi) is 3.31. The van der Waals surface area contributed by atoms with Crippen LogP contribution in [-0.4, -0.2) is 12.1 Å². The average molecular weight is 180 g/mol. The van der Waals surface area contributed by atoms with Crippen LogP contribution in [0.15, 0.2) is 24.3 Å². The molecule has 3 heteroatoms. The van der Waals surface area contributed by atoms with Crippen molar-refractivity contribution in [1.82, 2.24) is 0 Å². The standard InChI is InChI=1S/C10H9FO2/c11-9-4-1-3-8(7-9)10(13)5-2-6-12/h1,3-4,6-7H,2,5H2. The molecule has 0 aliphatic carbocycles. The highest BCUT2D eigenvalue weighted by atomic mass is 19.1. The zero-order chi connectivity index (χ0) is 9.68. The summed E-state index contributed by atoms with van der Waals surface area (Å²) in [5.74, 6) is -0.636. The first kappa shape index (κ1) is 9.58. The fraction of sp³-hybridized carbons (Fsp3) is 0.200. The quantitative estimate of drug-likeness (QED) is 0.524. The van der Waals surface area contributed by atoms with E-state index in [2.05, 4.69) is 0 Å². The van der Waals surface area contributed by atoms with Gasteiger partial charge in [-0.2, -0.15) is 0 Å². The highest BCUT2D eigenvalue weighted by Gasteiger charge is 2.05. The Labute approximate surface area is 75.4 Å². The number of rotatable bonds is 4. The Morgan fingerprint density at radius 2 is 2.23 bits per heavy atom. The Morgan fingerprint density at radius 3 is 2.85 bits per heavy atom. The fourth-order valence-corrected chi connectivity index (χ4v) is 0.996. The van der Waals surface area contributed by atoms with Crippen LogP contribution < -0.4 is 0 Å². The Bertz CT molecular complexity index is 320. The van der Waals surface area contributed by atoms with Crippen LogP contribution >= 0.6 is 0 Å². The topological polar surface area (TPSA) is 34.1 Å². The molecule has 0 N–H and O–H groups in total. The maximum atomic E-state index is 12.6. The van der Waals surface area contributed by atoms with Crippen molar-refractivity contribution in [3.8, 4) is 0 Å². The molecule has 1 rings (SSSR count). The normalized spacial score (nSPS) is 9.62. The van der Waals surface area contributed by atoms with E-state index in [-0.39, 0.29) is 18.6 Å². The number of hydrogen-bond donors (Lipinski definition) is 0. The lowest BCUT2D eigenvalue weighted by Gasteiger charge is -1.97. The zero-order valence-corrected chi connectivity index (χ0v) is 7.00. The van der Waals surface area contributed by atoms with Gasteiger partial charge in [0.2, 0.25) is 0 Å². The Morgan fingerprint density at radius 1 is 1.46 bits per heavy atom. The monoisotopic (exact) mass is 180 g/mol. The second kappa shape index (κ2) is 4.50. The van der Waals surface area contributed by atoms with Crippen molar-refractivity contribution in [1.29, 1.82) is 0 Å². The Balaban J connectivity index is 2.71. The van der Waals surface area contributed by atoms with Gasteiger partial charge in [-0.25, -0.2) is 4.39 Å². The molecule has 0 aliphatic heterocycles. The first-order valence-corrected chi connectivity index (χ1v) is 3.96. The number of carbonyl (C=O) groups is 2. The van der Waals surface area contributed by atoms with Crippen LogP contribution in [0.5, 0.6) is 0 Å². The molecule has 0 fully saturated rings. The third-order valence-corrected chi connectivity index (χ3v) is 1.64. The van der Waals surface area contributed by atoms with Crippen LogP contribution in [0.2, 0.25) is 0 Å². The number of halogens is 1. The lowest BCUT2D eigenvalue weighted by Crippen LogP contribution is -1.99. The van der Waals surface area contributed by atoms with Gasteiger partial charge in [-0.1, -0.05) is 12.1 Å². The predicted molar refractivity (Wildman–Crippen MR) is 46.0 cm³/mol. The van der Waals surface area contributed by atoms with Crippen molar-refractivity contribution < 1.29 is 14.0 Å². The molecule has 2 nitrogen and oxygen atoms in total. The van der Waals surface area contributed by atoms with Crippen LogP contribution in [0.3, 0.4) is 0 Å². The smallest absolute Gasteiger partial charge is 0.163 e. The zero-order valence-electron chi connectivity index (χ0n) is 7.00. The maximum Gasteiger partial charge on any atom is 0.163 e. The molecule has 0 bridgehead atoms. The average Bonchev–Trinajstić information content (AvgIpc) is 2.14. The SMILES string of the molecule is O=CCCC(=O)c1cccc(F)c1. The largest absolute Gasteiger partial charge is 0.303 e. The van der Waals surface area contributed by atoms with Gasteiger partial charge < -0.3 is 4.79 Å². The van der Waals surface area contributed by atoms with Crippen molar-refractivity contribution in [3.63, 3.8) is 0 Å². The predicted octanol–water partition coefficient (Wildman–Crippen LogP) is 1.99. The van der Waals surface area contributed by atoms with Gasteiger partial charge in [0.05, 0.1) is 0 Å². The second-order valence-electron chi connectivity index (χ2n) is 2.64. The summed E-state index contributed by atoms with van der Waals surface area (Å²) < 4.78 is 12.6. The van der Waals surface area contributed by atoms with E-state index in [9.17, 15) is 14.0 Å². The van der Waals surface area contributed by atoms with Gasteiger partial charge in [-0.3, -0.25) is 4.79 Å². The molecule has 0 atom stereocenters. The number of benzene rings is 1. The van der Waals surface area contributed by atoms with Crippen molar-refractivity contribution in [2.45, 2.75) is 12.8 Å². The van der Waals surface area contributed by atoms with Gasteiger partial charge in [0.15, 0.2) is 5.78 Å². The minimum atomic E-state index is -0.433. The van der Waals surface area contributed by atoms with E-state index in [1.165, 1.54) is 24.3 Å². The minimum Gasteiger partial charge on any atom is -0.303 e. The van der Waals surface area contributed by atoms with E-state index >= 15 is 0 Å². The molecule has 0 heterocycles. The molecule has 0 saturated carbocycles. The molecular formula is C10H9FO2. The molecule has 0 saturated heterocycles. The molecule has 1 aromatic carbocycles. The highest BCUT2D eigenvalue weighted by molar-refractivity contribution is 5.96. The summed E-state index contributed by atoms with van der Waals surface area (Å²) in [6.07, 6.45) is 1.01. The number of carbonyl (C=O) groups excluding carboxylic acids is 2. The molecule has 1 aromatic rings. The summed E-state index contributed by atoms with van der Waals surface area (Å²) in [4.78, 5) is 21.2. The third-order valence-electron chi connectivity index (χ3n) is 1.64. The van der Waals surface area contributed by atoms with Crippen molar-refractivity contribution >= 4 is 12.1 Å². The van der Waals surface area contributed by atoms with E-state index in [1.807, 2.05) is 0 Å². The molecule has 0 spiro atoms. The maximum absolute atomic E-state index is 12.6. The van der Waals surface area contributed by atoms with E-state index in [4.69, 9.17) is 0 Å². The third kappa shape index (κ3) is 2.78. The number of ketones is 1. The molecule has 13 heavy (non-hydrogen) atoms. The molecule has 0 aliphatic rings. The van der Waals surface area contributed by atoms with E-state index in [0.717, 1.165) is 0 Å². The van der Waals surface area contributed by atoms with Gasteiger partial charge >= 0.3 is 0 Å². The first-order chi connectivity index (χ1) is 6.24. The van der Waals surface area contributed by atoms with Gasteiger partial charge in [0, 0.05) is 18.4 Å². The molecule has 0 aromatic heterocycles. The van der Waals surface area contributed by atoms with Crippen LogP contribution in [0.25, 0.3) is 0 Å². The van der Waals surface area contributed by atoms with Gasteiger partial charge in [0.25, 0.3) is 0 Å².